The number of rotatable bonds is 1. The molecule has 0 aliphatic heterocycles. The van der Waals surface area contributed by atoms with E-state index in [1.54, 1.807) is 11.3 Å². The maximum Gasteiger partial charge on any atom is 0.0585 e. The van der Waals surface area contributed by atoms with E-state index in [1.807, 2.05) is 12.1 Å². The van der Waals surface area contributed by atoms with Gasteiger partial charge in [-0.2, -0.15) is 0 Å². The van der Waals surface area contributed by atoms with Gasteiger partial charge in [0.15, 0.2) is 0 Å². The molecule has 0 fully saturated rings. The van der Waals surface area contributed by atoms with E-state index in [4.69, 9.17) is 0 Å². The zero-order valence-corrected chi connectivity index (χ0v) is 7.14. The standard InChI is InChI=1S/C9H9NS/c1-8-9(4-7-11-8)10-5-2-3-6-10/h2-7H,1H3. The third-order valence-electron chi connectivity index (χ3n) is 1.71. The van der Waals surface area contributed by atoms with Crippen molar-refractivity contribution in [1.29, 1.82) is 0 Å². The van der Waals surface area contributed by atoms with Crippen LogP contribution in [-0.2, 0) is 0 Å². The fourth-order valence-corrected chi connectivity index (χ4v) is 1.84. The lowest BCUT2D eigenvalue weighted by Crippen LogP contribution is -1.87. The first-order chi connectivity index (χ1) is 5.38. The smallest absolute Gasteiger partial charge is 0.0585 e. The van der Waals surface area contributed by atoms with Crippen molar-refractivity contribution in [2.45, 2.75) is 6.92 Å². The van der Waals surface area contributed by atoms with Crippen LogP contribution in [0.3, 0.4) is 0 Å². The van der Waals surface area contributed by atoms with Gasteiger partial charge in [-0.05, 0) is 30.5 Å². The summed E-state index contributed by atoms with van der Waals surface area (Å²) in [6.45, 7) is 2.14. The minimum absolute atomic E-state index is 1.29. The molecule has 2 heteroatoms. The Hall–Kier alpha value is -1.02. The van der Waals surface area contributed by atoms with Crippen LogP contribution in [0.5, 0.6) is 0 Å². The first kappa shape index (κ1) is 6.68. The summed E-state index contributed by atoms with van der Waals surface area (Å²) in [5, 5.41) is 2.12. The second-order valence-corrected chi connectivity index (χ2v) is 3.57. The predicted octanol–water partition coefficient (Wildman–Crippen LogP) is 2.85. The Morgan fingerprint density at radius 3 is 2.55 bits per heavy atom. The number of aryl methyl sites for hydroxylation is 1. The van der Waals surface area contributed by atoms with E-state index in [1.165, 1.54) is 10.6 Å². The second-order valence-electron chi connectivity index (χ2n) is 2.45. The number of aromatic nitrogens is 1. The Labute approximate surface area is 69.9 Å². The van der Waals surface area contributed by atoms with Crippen LogP contribution in [0.25, 0.3) is 5.69 Å². The first-order valence-corrected chi connectivity index (χ1v) is 4.43. The average Bonchev–Trinajstić information content (AvgIpc) is 2.55. The normalized spacial score (nSPS) is 10.3. The Morgan fingerprint density at radius 2 is 2.00 bits per heavy atom. The maximum absolute atomic E-state index is 2.14. The Bertz CT molecular complexity index is 332. The Kier molecular flexibility index (Phi) is 1.55. The van der Waals surface area contributed by atoms with Gasteiger partial charge in [-0.15, -0.1) is 11.3 Å². The average molecular weight is 163 g/mol. The molecule has 0 spiro atoms. The number of hydrogen-bond donors (Lipinski definition) is 0. The third-order valence-corrected chi connectivity index (χ3v) is 2.55. The van der Waals surface area contributed by atoms with Gasteiger partial charge in [0.25, 0.3) is 0 Å². The quantitative estimate of drug-likeness (QED) is 0.609. The van der Waals surface area contributed by atoms with Crippen LogP contribution in [-0.4, -0.2) is 4.57 Å². The minimum Gasteiger partial charge on any atom is -0.323 e. The van der Waals surface area contributed by atoms with Gasteiger partial charge in [0.1, 0.15) is 0 Å². The maximum atomic E-state index is 2.14. The van der Waals surface area contributed by atoms with Gasteiger partial charge < -0.3 is 4.57 Å². The van der Waals surface area contributed by atoms with Crippen molar-refractivity contribution in [2.75, 3.05) is 0 Å². The summed E-state index contributed by atoms with van der Waals surface area (Å²) in [5.41, 5.74) is 1.29. The highest BCUT2D eigenvalue weighted by Gasteiger charge is 1.98. The fourth-order valence-electron chi connectivity index (χ4n) is 1.14. The molecule has 0 unspecified atom stereocenters. The fraction of sp³-hybridized carbons (Fsp3) is 0.111. The Balaban J connectivity index is 2.53. The molecule has 1 nitrogen and oxygen atoms in total. The van der Waals surface area contributed by atoms with Crippen LogP contribution in [0.2, 0.25) is 0 Å². The number of thiophene rings is 1. The molecule has 0 amide bonds. The van der Waals surface area contributed by atoms with E-state index in [2.05, 4.69) is 35.3 Å². The molecule has 0 aromatic carbocycles. The molecule has 56 valence electrons. The summed E-state index contributed by atoms with van der Waals surface area (Å²) in [6, 6.07) is 6.22. The van der Waals surface area contributed by atoms with Crippen LogP contribution in [0.4, 0.5) is 0 Å². The van der Waals surface area contributed by atoms with Gasteiger partial charge in [0.05, 0.1) is 5.69 Å². The van der Waals surface area contributed by atoms with Gasteiger partial charge >= 0.3 is 0 Å². The molecule has 0 aliphatic carbocycles. The van der Waals surface area contributed by atoms with Crippen molar-refractivity contribution >= 4 is 11.3 Å². The van der Waals surface area contributed by atoms with Gasteiger partial charge in [-0.3, -0.25) is 0 Å². The van der Waals surface area contributed by atoms with E-state index < -0.39 is 0 Å². The lowest BCUT2D eigenvalue weighted by Gasteiger charge is -1.98. The summed E-state index contributed by atoms with van der Waals surface area (Å²) in [7, 11) is 0. The van der Waals surface area contributed by atoms with Crippen molar-refractivity contribution in [2.24, 2.45) is 0 Å². The van der Waals surface area contributed by atoms with Gasteiger partial charge in [-0.25, -0.2) is 0 Å². The molecule has 0 N–H and O–H groups in total. The molecule has 0 aliphatic rings. The van der Waals surface area contributed by atoms with E-state index >= 15 is 0 Å². The molecule has 0 atom stereocenters. The zero-order valence-electron chi connectivity index (χ0n) is 6.32. The van der Waals surface area contributed by atoms with Gasteiger partial charge in [0, 0.05) is 17.3 Å². The van der Waals surface area contributed by atoms with Crippen molar-refractivity contribution in [3.8, 4) is 5.69 Å². The summed E-state index contributed by atoms with van der Waals surface area (Å²) < 4.78 is 2.13. The second kappa shape index (κ2) is 2.55. The van der Waals surface area contributed by atoms with Crippen molar-refractivity contribution in [1.82, 2.24) is 4.57 Å². The highest BCUT2D eigenvalue weighted by Crippen LogP contribution is 2.19. The Morgan fingerprint density at radius 1 is 1.27 bits per heavy atom. The van der Waals surface area contributed by atoms with E-state index in [-0.39, 0.29) is 0 Å². The van der Waals surface area contributed by atoms with Crippen molar-refractivity contribution in [3.05, 3.63) is 40.8 Å². The minimum atomic E-state index is 1.29. The molecule has 0 bridgehead atoms. The summed E-state index contributed by atoms with van der Waals surface area (Å²) in [5.74, 6) is 0. The molecule has 2 aromatic rings. The first-order valence-electron chi connectivity index (χ1n) is 3.55. The molecular weight excluding hydrogens is 154 g/mol. The van der Waals surface area contributed by atoms with Gasteiger partial charge in [0.2, 0.25) is 0 Å². The summed E-state index contributed by atoms with van der Waals surface area (Å²) >= 11 is 1.78. The monoisotopic (exact) mass is 163 g/mol. The highest BCUT2D eigenvalue weighted by molar-refractivity contribution is 7.10. The number of nitrogens with zero attached hydrogens (tertiary/aromatic N) is 1. The van der Waals surface area contributed by atoms with Crippen LogP contribution >= 0.6 is 11.3 Å². The molecule has 2 aromatic heterocycles. The molecule has 2 heterocycles. The zero-order chi connectivity index (χ0) is 7.68. The van der Waals surface area contributed by atoms with Gasteiger partial charge in [-0.1, -0.05) is 0 Å². The van der Waals surface area contributed by atoms with Crippen LogP contribution in [0.15, 0.2) is 36.0 Å². The highest BCUT2D eigenvalue weighted by atomic mass is 32.1. The topological polar surface area (TPSA) is 4.93 Å². The molecular formula is C9H9NS. The third kappa shape index (κ3) is 1.10. The van der Waals surface area contributed by atoms with Crippen LogP contribution < -0.4 is 0 Å². The summed E-state index contributed by atoms with van der Waals surface area (Å²) in [4.78, 5) is 1.36. The van der Waals surface area contributed by atoms with Crippen LogP contribution in [0, 0.1) is 6.92 Å². The molecule has 0 radical (unpaired) electrons. The molecule has 2 rings (SSSR count). The number of hydrogen-bond acceptors (Lipinski definition) is 1. The SMILES string of the molecule is Cc1sccc1-n1cccc1. The largest absolute Gasteiger partial charge is 0.323 e. The lowest BCUT2D eigenvalue weighted by molar-refractivity contribution is 1.08. The van der Waals surface area contributed by atoms with Crippen LogP contribution in [0.1, 0.15) is 4.88 Å². The van der Waals surface area contributed by atoms with Crippen molar-refractivity contribution in [3.63, 3.8) is 0 Å². The van der Waals surface area contributed by atoms with E-state index in [9.17, 15) is 0 Å². The molecule has 0 saturated heterocycles. The summed E-state index contributed by atoms with van der Waals surface area (Å²) in [6.07, 6.45) is 4.13. The molecule has 0 saturated carbocycles. The van der Waals surface area contributed by atoms with E-state index in [0.717, 1.165) is 0 Å². The molecule has 11 heavy (non-hydrogen) atoms. The van der Waals surface area contributed by atoms with E-state index in [0.29, 0.717) is 0 Å². The predicted molar refractivity (Wildman–Crippen MR) is 48.4 cm³/mol. The van der Waals surface area contributed by atoms with Crippen molar-refractivity contribution < 1.29 is 0 Å². The lowest BCUT2D eigenvalue weighted by atomic mass is 10.4.